The van der Waals surface area contributed by atoms with E-state index in [1.54, 1.807) is 0 Å². The SMILES string of the molecule is CCCCCC(N)c1ccc(C2CCCCC2)cc1. The number of rotatable bonds is 6. The summed E-state index contributed by atoms with van der Waals surface area (Å²) in [7, 11) is 0. The van der Waals surface area contributed by atoms with Crippen LogP contribution in [-0.2, 0) is 0 Å². The molecule has 0 aliphatic heterocycles. The first-order valence-electron chi connectivity index (χ1n) is 8.16. The number of unbranched alkanes of at least 4 members (excludes halogenated alkanes) is 2. The van der Waals surface area contributed by atoms with E-state index < -0.39 is 0 Å². The minimum atomic E-state index is 0.229. The van der Waals surface area contributed by atoms with Crippen LogP contribution in [0.2, 0.25) is 0 Å². The maximum Gasteiger partial charge on any atom is 0.0294 e. The lowest BCUT2D eigenvalue weighted by Crippen LogP contribution is -2.10. The van der Waals surface area contributed by atoms with Crippen molar-refractivity contribution in [2.75, 3.05) is 0 Å². The average molecular weight is 259 g/mol. The number of nitrogens with two attached hydrogens (primary N) is 1. The second kappa shape index (κ2) is 7.69. The molecule has 1 atom stereocenters. The Kier molecular flexibility index (Phi) is 5.91. The molecular weight excluding hydrogens is 230 g/mol. The van der Waals surface area contributed by atoms with E-state index in [1.807, 2.05) is 0 Å². The molecule has 1 nitrogen and oxygen atoms in total. The van der Waals surface area contributed by atoms with E-state index in [2.05, 4.69) is 31.2 Å². The van der Waals surface area contributed by atoms with E-state index in [0.717, 1.165) is 12.3 Å². The van der Waals surface area contributed by atoms with Gasteiger partial charge in [0.1, 0.15) is 0 Å². The zero-order chi connectivity index (χ0) is 13.5. The monoisotopic (exact) mass is 259 g/mol. The molecule has 1 aliphatic carbocycles. The van der Waals surface area contributed by atoms with Crippen molar-refractivity contribution in [3.8, 4) is 0 Å². The Balaban J connectivity index is 1.89. The molecule has 1 aliphatic rings. The van der Waals surface area contributed by atoms with E-state index in [9.17, 15) is 0 Å². The van der Waals surface area contributed by atoms with Crippen LogP contribution < -0.4 is 5.73 Å². The summed E-state index contributed by atoms with van der Waals surface area (Å²) in [5, 5.41) is 0. The van der Waals surface area contributed by atoms with Crippen LogP contribution >= 0.6 is 0 Å². The van der Waals surface area contributed by atoms with Crippen LogP contribution in [0.1, 0.15) is 87.8 Å². The standard InChI is InChI=1S/C18H29N/c1-2-3-5-10-18(19)17-13-11-16(12-14-17)15-8-6-4-7-9-15/h11-15,18H,2-10,19H2,1H3. The van der Waals surface area contributed by atoms with Crippen molar-refractivity contribution < 1.29 is 0 Å². The number of hydrogen-bond donors (Lipinski definition) is 1. The van der Waals surface area contributed by atoms with Gasteiger partial charge in [0.05, 0.1) is 0 Å². The first-order valence-corrected chi connectivity index (χ1v) is 8.16. The van der Waals surface area contributed by atoms with Gasteiger partial charge < -0.3 is 5.73 Å². The summed E-state index contributed by atoms with van der Waals surface area (Å²) >= 11 is 0. The summed E-state index contributed by atoms with van der Waals surface area (Å²) in [5.41, 5.74) is 9.11. The van der Waals surface area contributed by atoms with Gasteiger partial charge in [0.15, 0.2) is 0 Å². The first-order chi connectivity index (χ1) is 9.31. The molecule has 0 amide bonds. The van der Waals surface area contributed by atoms with Gasteiger partial charge in [-0.1, -0.05) is 69.7 Å². The van der Waals surface area contributed by atoms with E-state index in [0.29, 0.717) is 0 Å². The van der Waals surface area contributed by atoms with Crippen LogP contribution in [0.25, 0.3) is 0 Å². The zero-order valence-corrected chi connectivity index (χ0v) is 12.4. The maximum absolute atomic E-state index is 6.26. The lowest BCUT2D eigenvalue weighted by Gasteiger charge is -2.22. The highest BCUT2D eigenvalue weighted by Gasteiger charge is 2.15. The Labute approximate surface area is 118 Å². The molecule has 1 unspecified atom stereocenters. The van der Waals surface area contributed by atoms with Gasteiger partial charge in [-0.25, -0.2) is 0 Å². The van der Waals surface area contributed by atoms with Crippen molar-refractivity contribution in [2.24, 2.45) is 5.73 Å². The molecule has 1 aromatic rings. The average Bonchev–Trinajstić information content (AvgIpc) is 2.48. The quantitative estimate of drug-likeness (QED) is 0.688. The van der Waals surface area contributed by atoms with Gasteiger partial charge in [-0.2, -0.15) is 0 Å². The van der Waals surface area contributed by atoms with Gasteiger partial charge in [0.2, 0.25) is 0 Å². The fourth-order valence-electron chi connectivity index (χ4n) is 3.23. The summed E-state index contributed by atoms with van der Waals surface area (Å²) in [5.74, 6) is 0.805. The topological polar surface area (TPSA) is 26.0 Å². The van der Waals surface area contributed by atoms with Crippen molar-refractivity contribution >= 4 is 0 Å². The first kappa shape index (κ1) is 14.6. The predicted molar refractivity (Wildman–Crippen MR) is 83.3 cm³/mol. The van der Waals surface area contributed by atoms with Gasteiger partial charge in [-0.05, 0) is 36.3 Å². The van der Waals surface area contributed by atoms with Crippen molar-refractivity contribution in [3.63, 3.8) is 0 Å². The Morgan fingerprint density at radius 2 is 1.74 bits per heavy atom. The van der Waals surface area contributed by atoms with Crippen LogP contribution in [-0.4, -0.2) is 0 Å². The molecule has 2 rings (SSSR count). The van der Waals surface area contributed by atoms with Gasteiger partial charge in [0.25, 0.3) is 0 Å². The second-order valence-corrected chi connectivity index (χ2v) is 6.10. The maximum atomic E-state index is 6.26. The molecule has 19 heavy (non-hydrogen) atoms. The van der Waals surface area contributed by atoms with Gasteiger partial charge in [-0.3, -0.25) is 0 Å². The molecular formula is C18H29N. The summed E-state index contributed by atoms with van der Waals surface area (Å²) in [4.78, 5) is 0. The molecule has 2 N–H and O–H groups in total. The fourth-order valence-corrected chi connectivity index (χ4v) is 3.23. The van der Waals surface area contributed by atoms with Gasteiger partial charge >= 0.3 is 0 Å². The van der Waals surface area contributed by atoms with Crippen molar-refractivity contribution in [2.45, 2.75) is 76.7 Å². The molecule has 0 bridgehead atoms. The Morgan fingerprint density at radius 1 is 1.05 bits per heavy atom. The summed E-state index contributed by atoms with van der Waals surface area (Å²) in [6, 6.07) is 9.41. The second-order valence-electron chi connectivity index (χ2n) is 6.10. The Hall–Kier alpha value is -0.820. The molecule has 106 valence electrons. The molecule has 1 heteroatoms. The molecule has 0 spiro atoms. The minimum absolute atomic E-state index is 0.229. The molecule has 1 aromatic carbocycles. The molecule has 0 heterocycles. The lowest BCUT2D eigenvalue weighted by molar-refractivity contribution is 0.443. The third-order valence-corrected chi connectivity index (χ3v) is 4.56. The highest BCUT2D eigenvalue weighted by Crippen LogP contribution is 2.33. The highest BCUT2D eigenvalue weighted by molar-refractivity contribution is 5.27. The van der Waals surface area contributed by atoms with Crippen molar-refractivity contribution in [1.29, 1.82) is 0 Å². The van der Waals surface area contributed by atoms with E-state index in [-0.39, 0.29) is 6.04 Å². The number of benzene rings is 1. The summed E-state index contributed by atoms with van der Waals surface area (Å²) in [6.45, 7) is 2.24. The summed E-state index contributed by atoms with van der Waals surface area (Å²) in [6.07, 6.45) is 11.9. The largest absolute Gasteiger partial charge is 0.324 e. The van der Waals surface area contributed by atoms with Crippen LogP contribution in [0.4, 0.5) is 0 Å². The van der Waals surface area contributed by atoms with Crippen LogP contribution in [0.15, 0.2) is 24.3 Å². The van der Waals surface area contributed by atoms with Crippen molar-refractivity contribution in [1.82, 2.24) is 0 Å². The zero-order valence-electron chi connectivity index (χ0n) is 12.4. The smallest absolute Gasteiger partial charge is 0.0294 e. The minimum Gasteiger partial charge on any atom is -0.324 e. The number of hydrogen-bond acceptors (Lipinski definition) is 1. The van der Waals surface area contributed by atoms with E-state index >= 15 is 0 Å². The molecule has 0 saturated heterocycles. The third kappa shape index (κ3) is 4.35. The Morgan fingerprint density at radius 3 is 2.37 bits per heavy atom. The normalized spacial score (nSPS) is 18.4. The molecule has 0 radical (unpaired) electrons. The molecule has 1 fully saturated rings. The molecule has 1 saturated carbocycles. The van der Waals surface area contributed by atoms with Crippen molar-refractivity contribution in [3.05, 3.63) is 35.4 Å². The van der Waals surface area contributed by atoms with Gasteiger partial charge in [-0.15, -0.1) is 0 Å². The third-order valence-electron chi connectivity index (χ3n) is 4.56. The lowest BCUT2D eigenvalue weighted by atomic mass is 9.83. The van der Waals surface area contributed by atoms with E-state index in [4.69, 9.17) is 5.73 Å². The summed E-state index contributed by atoms with van der Waals surface area (Å²) < 4.78 is 0. The Bertz CT molecular complexity index is 348. The predicted octanol–water partition coefficient (Wildman–Crippen LogP) is 5.31. The van der Waals surface area contributed by atoms with Crippen LogP contribution in [0, 0.1) is 0 Å². The fraction of sp³-hybridized carbons (Fsp3) is 0.667. The van der Waals surface area contributed by atoms with Gasteiger partial charge in [0, 0.05) is 6.04 Å². The van der Waals surface area contributed by atoms with Crippen LogP contribution in [0.5, 0.6) is 0 Å². The highest BCUT2D eigenvalue weighted by atomic mass is 14.6. The molecule has 0 aromatic heterocycles. The van der Waals surface area contributed by atoms with E-state index in [1.165, 1.54) is 62.5 Å². The van der Waals surface area contributed by atoms with Crippen LogP contribution in [0.3, 0.4) is 0 Å².